The van der Waals surface area contributed by atoms with Gasteiger partial charge in [0.15, 0.2) is 18.9 Å². The predicted molar refractivity (Wildman–Crippen MR) is 219 cm³/mol. The fourth-order valence-corrected chi connectivity index (χ4v) is 13.7. The molecule has 0 bridgehead atoms. The van der Waals surface area contributed by atoms with Crippen LogP contribution in [0.5, 0.6) is 0 Å². The van der Waals surface area contributed by atoms with Crippen LogP contribution in [0.1, 0.15) is 85.5 Å². The Morgan fingerprint density at radius 3 is 1.89 bits per heavy atom. The highest BCUT2D eigenvalue weighted by Gasteiger charge is 2.65. The molecule has 8 rings (SSSR count). The van der Waals surface area contributed by atoms with E-state index in [0.717, 1.165) is 50.7 Å². The van der Waals surface area contributed by atoms with Gasteiger partial charge in [-0.05, 0) is 104 Å². The van der Waals surface area contributed by atoms with Gasteiger partial charge in [0, 0.05) is 12.3 Å². The molecule has 64 heavy (non-hydrogen) atoms. The molecule has 3 saturated heterocycles. The summed E-state index contributed by atoms with van der Waals surface area (Å²) in [6.45, 7) is 7.37. The third kappa shape index (κ3) is 8.63. The van der Waals surface area contributed by atoms with Crippen molar-refractivity contribution < 1.29 is 94.4 Å². The standard InChI is InChI=1S/C45H74O19/c1-18(17-58-41-38(56)35(53)32(50)28(14-46)61-41)5-8-25-19(2)31-27(59-25)12-23-21-7-6-20-11-26(24(49)13-45(20,4)22(21)9-10-44(23,31)3)60-43-40(37(55)34(52)30(16-48)63-43)64-42-39(57)36(54)33(51)29(15-47)62-42/h18,20-24,26-43,46-57H,5-17H2,1-4H3/t18-,20+,21?,22?,23?,24-,26+,27?,28+,29+,30+,31?,32+,33+,34-,35-,36-,37-,38+,39+,40+,41+,42-,43+,44-,45-/m0/s1. The van der Waals surface area contributed by atoms with Gasteiger partial charge in [0.2, 0.25) is 0 Å². The van der Waals surface area contributed by atoms with E-state index in [0.29, 0.717) is 36.5 Å². The zero-order chi connectivity index (χ0) is 46.2. The lowest BCUT2D eigenvalue weighted by Crippen LogP contribution is -2.65. The first kappa shape index (κ1) is 49.2. The molecular weight excluding hydrogens is 844 g/mol. The van der Waals surface area contributed by atoms with Crippen LogP contribution in [0.2, 0.25) is 0 Å². The van der Waals surface area contributed by atoms with Crippen molar-refractivity contribution in [1.29, 1.82) is 0 Å². The summed E-state index contributed by atoms with van der Waals surface area (Å²) in [5, 5.41) is 125. The number of allylic oxidation sites excluding steroid dienone is 1. The summed E-state index contributed by atoms with van der Waals surface area (Å²) in [5.74, 6) is 2.88. The number of aliphatic hydroxyl groups is 12. The summed E-state index contributed by atoms with van der Waals surface area (Å²) < 4.78 is 41.9. The minimum absolute atomic E-state index is 0.0561. The van der Waals surface area contributed by atoms with Crippen LogP contribution < -0.4 is 0 Å². The van der Waals surface area contributed by atoms with Crippen molar-refractivity contribution in [3.63, 3.8) is 0 Å². The normalized spacial score (nSPS) is 53.2. The lowest BCUT2D eigenvalue weighted by atomic mass is 9.44. The van der Waals surface area contributed by atoms with E-state index in [1.165, 1.54) is 5.57 Å². The van der Waals surface area contributed by atoms with Crippen molar-refractivity contribution in [2.45, 2.75) is 196 Å². The molecular formula is C45H74O19. The first-order valence-corrected chi connectivity index (χ1v) is 23.6. The van der Waals surface area contributed by atoms with Gasteiger partial charge in [-0.1, -0.05) is 20.8 Å². The van der Waals surface area contributed by atoms with E-state index in [1.54, 1.807) is 0 Å². The number of fused-ring (bicyclic) bond motifs is 7. The smallest absolute Gasteiger partial charge is 0.187 e. The molecule has 0 aromatic carbocycles. The molecule has 5 unspecified atom stereocenters. The molecule has 368 valence electrons. The second-order valence-corrected chi connectivity index (χ2v) is 21.0. The van der Waals surface area contributed by atoms with Gasteiger partial charge in [0.1, 0.15) is 79.4 Å². The average Bonchev–Trinajstić information content (AvgIpc) is 3.76. The third-order valence-electron chi connectivity index (χ3n) is 17.4. The lowest BCUT2D eigenvalue weighted by molar-refractivity contribution is -0.376. The molecule has 4 aliphatic heterocycles. The highest BCUT2D eigenvalue weighted by Crippen LogP contribution is 2.70. The van der Waals surface area contributed by atoms with E-state index in [1.807, 2.05) is 6.92 Å². The van der Waals surface area contributed by atoms with E-state index in [2.05, 4.69) is 20.8 Å². The zero-order valence-corrected chi connectivity index (χ0v) is 37.3. The molecule has 19 heteroatoms. The Balaban J connectivity index is 0.888. The van der Waals surface area contributed by atoms with E-state index < -0.39 is 124 Å². The largest absolute Gasteiger partial charge is 0.494 e. The van der Waals surface area contributed by atoms with Gasteiger partial charge in [-0.25, -0.2) is 0 Å². The van der Waals surface area contributed by atoms with Crippen LogP contribution in [0.15, 0.2) is 11.3 Å². The van der Waals surface area contributed by atoms with E-state index in [-0.39, 0.29) is 35.4 Å². The maximum absolute atomic E-state index is 11.9. The van der Waals surface area contributed by atoms with Crippen molar-refractivity contribution in [3.05, 3.63) is 11.3 Å². The number of rotatable bonds is 13. The molecule has 4 heterocycles. The summed E-state index contributed by atoms with van der Waals surface area (Å²) in [5.41, 5.74) is 1.18. The molecule has 0 spiro atoms. The highest BCUT2D eigenvalue weighted by molar-refractivity contribution is 5.27. The lowest BCUT2D eigenvalue weighted by Gasteiger charge is -2.61. The number of hydrogen-bond donors (Lipinski definition) is 12. The van der Waals surface area contributed by atoms with Crippen LogP contribution in [0.4, 0.5) is 0 Å². The second-order valence-electron chi connectivity index (χ2n) is 21.0. The van der Waals surface area contributed by atoms with Gasteiger partial charge >= 0.3 is 0 Å². The van der Waals surface area contributed by atoms with Crippen molar-refractivity contribution in [3.8, 4) is 0 Å². The summed E-state index contributed by atoms with van der Waals surface area (Å²) in [4.78, 5) is 0. The maximum Gasteiger partial charge on any atom is 0.187 e. The average molecular weight is 919 g/mol. The monoisotopic (exact) mass is 918 g/mol. The van der Waals surface area contributed by atoms with Crippen LogP contribution in [-0.4, -0.2) is 198 Å². The van der Waals surface area contributed by atoms with Crippen LogP contribution >= 0.6 is 0 Å². The molecule has 4 aliphatic carbocycles. The Morgan fingerprint density at radius 1 is 0.656 bits per heavy atom. The Kier molecular flexibility index (Phi) is 14.9. The topological polar surface area (TPSA) is 307 Å². The molecule has 4 saturated carbocycles. The van der Waals surface area contributed by atoms with E-state index >= 15 is 0 Å². The molecule has 0 amide bonds. The molecule has 0 radical (unpaired) electrons. The fourth-order valence-electron chi connectivity index (χ4n) is 13.7. The van der Waals surface area contributed by atoms with Crippen molar-refractivity contribution >= 4 is 0 Å². The van der Waals surface area contributed by atoms with E-state index in [9.17, 15) is 61.3 Å². The number of hydrogen-bond acceptors (Lipinski definition) is 19. The van der Waals surface area contributed by atoms with Crippen LogP contribution in [0.3, 0.4) is 0 Å². The Bertz CT molecular complexity index is 1620. The summed E-state index contributed by atoms with van der Waals surface area (Å²) in [6.07, 6.45) is -16.4. The minimum atomic E-state index is -1.79. The number of aliphatic hydroxyl groups excluding tert-OH is 12. The predicted octanol–water partition coefficient (Wildman–Crippen LogP) is -1.86. The Labute approximate surface area is 373 Å². The van der Waals surface area contributed by atoms with Crippen LogP contribution in [0.25, 0.3) is 0 Å². The first-order chi connectivity index (χ1) is 30.4. The highest BCUT2D eigenvalue weighted by atomic mass is 16.8. The summed E-state index contributed by atoms with van der Waals surface area (Å²) in [6, 6.07) is 0. The fraction of sp³-hybridized carbons (Fsp3) is 0.956. The van der Waals surface area contributed by atoms with Gasteiger partial charge < -0.3 is 94.4 Å². The van der Waals surface area contributed by atoms with Crippen molar-refractivity contribution in [1.82, 2.24) is 0 Å². The van der Waals surface area contributed by atoms with Gasteiger partial charge in [-0.3, -0.25) is 0 Å². The van der Waals surface area contributed by atoms with Gasteiger partial charge in [-0.2, -0.15) is 0 Å². The van der Waals surface area contributed by atoms with Gasteiger partial charge in [0.25, 0.3) is 0 Å². The van der Waals surface area contributed by atoms with E-state index in [4.69, 9.17) is 33.2 Å². The molecule has 8 aliphatic rings. The van der Waals surface area contributed by atoms with Gasteiger partial charge in [-0.15, -0.1) is 0 Å². The number of ether oxygens (including phenoxy) is 7. The minimum Gasteiger partial charge on any atom is -0.494 e. The second kappa shape index (κ2) is 19.3. The van der Waals surface area contributed by atoms with Crippen LogP contribution in [-0.2, 0) is 33.2 Å². The van der Waals surface area contributed by atoms with Gasteiger partial charge in [0.05, 0.1) is 44.4 Å². The third-order valence-corrected chi connectivity index (χ3v) is 17.4. The molecule has 12 N–H and O–H groups in total. The first-order valence-electron chi connectivity index (χ1n) is 23.6. The summed E-state index contributed by atoms with van der Waals surface area (Å²) in [7, 11) is 0. The van der Waals surface area contributed by atoms with Crippen molar-refractivity contribution in [2.24, 2.45) is 46.3 Å². The molecule has 0 aromatic heterocycles. The van der Waals surface area contributed by atoms with Crippen LogP contribution in [0, 0.1) is 46.3 Å². The summed E-state index contributed by atoms with van der Waals surface area (Å²) >= 11 is 0. The maximum atomic E-state index is 11.9. The quantitative estimate of drug-likeness (QED) is 0.0902. The molecule has 0 aromatic rings. The van der Waals surface area contributed by atoms with Crippen molar-refractivity contribution in [2.75, 3.05) is 26.4 Å². The SMILES string of the molecule is CC1=C(CC[C@H](C)CO[C@@H]2O[C@H](CO)[C@@H](O)[C@H](O)[C@H]2O)OC2CC3C4CC[C@@H]5C[C@@H](O[C@@H]6O[C@H](CO)[C@H](O)[C@H](O)[C@H]6O[C@@H]6O[C@H](CO)[C@@H](O)[C@H](O)[C@H]6O)[C@@H](O)C[C@]5(C)C4CC[C@]3(C)C12. The Hall–Kier alpha value is -1.18. The molecule has 19 nitrogen and oxygen atoms in total. The Morgan fingerprint density at radius 2 is 1.25 bits per heavy atom. The molecule has 7 fully saturated rings. The molecule has 26 atom stereocenters. The zero-order valence-electron chi connectivity index (χ0n) is 37.3.